The lowest BCUT2D eigenvalue weighted by Gasteiger charge is -2.26. The van der Waals surface area contributed by atoms with Crippen LogP contribution < -0.4 is 0 Å². The first-order chi connectivity index (χ1) is 9.66. The Balaban J connectivity index is 1.76. The fourth-order valence-corrected chi connectivity index (χ4v) is 3.10. The van der Waals surface area contributed by atoms with Gasteiger partial charge in [-0.15, -0.1) is 0 Å². The van der Waals surface area contributed by atoms with E-state index in [2.05, 4.69) is 27.9 Å². The van der Waals surface area contributed by atoms with E-state index >= 15 is 0 Å². The highest BCUT2D eigenvalue weighted by Gasteiger charge is 2.17. The van der Waals surface area contributed by atoms with Crippen molar-refractivity contribution in [3.8, 4) is 0 Å². The molecule has 0 bridgehead atoms. The fraction of sp³-hybridized carbons (Fsp3) is 0.562. The molecule has 1 atom stereocenters. The van der Waals surface area contributed by atoms with Crippen LogP contribution in [-0.4, -0.2) is 44.0 Å². The number of benzene rings is 1. The SMILES string of the molecule is CN(CCC(=O)c1ccccc1Br)CC1CCCOC1. The summed E-state index contributed by atoms with van der Waals surface area (Å²) in [6.07, 6.45) is 2.96. The molecule has 1 aromatic rings. The number of carbonyl (C=O) groups excluding carboxylic acids is 1. The number of Topliss-reactive ketones (excluding diaryl/α,β-unsaturated/α-hetero) is 1. The predicted octanol–water partition coefficient (Wildman–Crippen LogP) is 3.38. The third-order valence-electron chi connectivity index (χ3n) is 3.72. The number of nitrogens with zero attached hydrogens (tertiary/aromatic N) is 1. The van der Waals surface area contributed by atoms with E-state index in [4.69, 9.17) is 4.74 Å². The highest BCUT2D eigenvalue weighted by Crippen LogP contribution is 2.18. The summed E-state index contributed by atoms with van der Waals surface area (Å²) in [7, 11) is 2.09. The van der Waals surface area contributed by atoms with Gasteiger partial charge in [0.15, 0.2) is 5.78 Å². The molecule has 0 N–H and O–H groups in total. The maximum absolute atomic E-state index is 12.2. The number of hydrogen-bond acceptors (Lipinski definition) is 3. The van der Waals surface area contributed by atoms with Gasteiger partial charge in [0.25, 0.3) is 0 Å². The minimum Gasteiger partial charge on any atom is -0.381 e. The van der Waals surface area contributed by atoms with Gasteiger partial charge < -0.3 is 9.64 Å². The molecule has 1 aliphatic rings. The molecule has 110 valence electrons. The number of halogens is 1. The Kier molecular flexibility index (Phi) is 6.20. The first-order valence-electron chi connectivity index (χ1n) is 7.21. The van der Waals surface area contributed by atoms with Gasteiger partial charge in [-0.2, -0.15) is 0 Å². The van der Waals surface area contributed by atoms with Crippen molar-refractivity contribution in [3.63, 3.8) is 0 Å². The average Bonchev–Trinajstić information content (AvgIpc) is 2.46. The van der Waals surface area contributed by atoms with Gasteiger partial charge in [0.2, 0.25) is 0 Å². The van der Waals surface area contributed by atoms with Crippen molar-refractivity contribution in [2.45, 2.75) is 19.3 Å². The lowest BCUT2D eigenvalue weighted by molar-refractivity contribution is 0.0418. The van der Waals surface area contributed by atoms with Crippen molar-refractivity contribution in [1.29, 1.82) is 0 Å². The summed E-state index contributed by atoms with van der Waals surface area (Å²) in [6, 6.07) is 7.62. The molecule has 1 aromatic carbocycles. The summed E-state index contributed by atoms with van der Waals surface area (Å²) in [5.74, 6) is 0.816. The van der Waals surface area contributed by atoms with Crippen LogP contribution in [0.5, 0.6) is 0 Å². The molecule has 0 spiro atoms. The Labute approximate surface area is 129 Å². The molecule has 2 rings (SSSR count). The number of rotatable bonds is 6. The first kappa shape index (κ1) is 15.7. The Morgan fingerprint density at radius 2 is 2.25 bits per heavy atom. The predicted molar refractivity (Wildman–Crippen MR) is 84.1 cm³/mol. The summed E-state index contributed by atoms with van der Waals surface area (Å²) < 4.78 is 6.38. The van der Waals surface area contributed by atoms with Gasteiger partial charge in [0, 0.05) is 36.2 Å². The van der Waals surface area contributed by atoms with E-state index in [1.807, 2.05) is 24.3 Å². The van der Waals surface area contributed by atoms with Crippen molar-refractivity contribution < 1.29 is 9.53 Å². The molecule has 0 aliphatic carbocycles. The Hall–Kier alpha value is -0.710. The number of ketones is 1. The quantitative estimate of drug-likeness (QED) is 0.744. The van der Waals surface area contributed by atoms with Crippen LogP contribution in [0, 0.1) is 5.92 Å². The molecule has 0 saturated carbocycles. The fourth-order valence-electron chi connectivity index (χ4n) is 2.60. The van der Waals surface area contributed by atoms with Crippen LogP contribution in [0.1, 0.15) is 29.6 Å². The summed E-state index contributed by atoms with van der Waals surface area (Å²) in [5.41, 5.74) is 0.780. The molecule has 0 aromatic heterocycles. The second-order valence-electron chi connectivity index (χ2n) is 5.50. The lowest BCUT2D eigenvalue weighted by atomic mass is 10.0. The lowest BCUT2D eigenvalue weighted by Crippen LogP contribution is -2.32. The molecule has 0 amide bonds. The Morgan fingerprint density at radius 3 is 2.95 bits per heavy atom. The smallest absolute Gasteiger partial charge is 0.165 e. The highest BCUT2D eigenvalue weighted by molar-refractivity contribution is 9.10. The van der Waals surface area contributed by atoms with E-state index in [0.29, 0.717) is 12.3 Å². The summed E-state index contributed by atoms with van der Waals surface area (Å²) in [4.78, 5) is 14.4. The van der Waals surface area contributed by atoms with Crippen molar-refractivity contribution >= 4 is 21.7 Å². The molecule has 1 saturated heterocycles. The highest BCUT2D eigenvalue weighted by atomic mass is 79.9. The number of ether oxygens (including phenoxy) is 1. The Morgan fingerprint density at radius 1 is 1.45 bits per heavy atom. The van der Waals surface area contributed by atoms with E-state index < -0.39 is 0 Å². The van der Waals surface area contributed by atoms with E-state index in [1.165, 1.54) is 6.42 Å². The van der Waals surface area contributed by atoms with Gasteiger partial charge in [-0.25, -0.2) is 0 Å². The zero-order chi connectivity index (χ0) is 14.4. The second kappa shape index (κ2) is 7.91. The molecule has 0 radical (unpaired) electrons. The molecule has 1 aliphatic heterocycles. The van der Waals surface area contributed by atoms with Crippen LogP contribution in [0.3, 0.4) is 0 Å². The van der Waals surface area contributed by atoms with Crippen molar-refractivity contribution in [3.05, 3.63) is 34.3 Å². The van der Waals surface area contributed by atoms with Crippen LogP contribution >= 0.6 is 15.9 Å². The van der Waals surface area contributed by atoms with Crippen LogP contribution in [0.4, 0.5) is 0 Å². The van der Waals surface area contributed by atoms with E-state index in [0.717, 1.165) is 42.8 Å². The minimum absolute atomic E-state index is 0.198. The largest absolute Gasteiger partial charge is 0.381 e. The molecule has 1 heterocycles. The van der Waals surface area contributed by atoms with Gasteiger partial charge >= 0.3 is 0 Å². The zero-order valence-electron chi connectivity index (χ0n) is 12.0. The van der Waals surface area contributed by atoms with E-state index in [9.17, 15) is 4.79 Å². The average molecular weight is 340 g/mol. The molecule has 1 fully saturated rings. The summed E-state index contributed by atoms with van der Waals surface area (Å²) in [6.45, 7) is 3.59. The first-order valence-corrected chi connectivity index (χ1v) is 8.00. The second-order valence-corrected chi connectivity index (χ2v) is 6.35. The standard InChI is InChI=1S/C16H22BrNO2/c1-18(11-13-5-4-10-20-12-13)9-8-16(19)14-6-2-3-7-15(14)17/h2-3,6-7,13H,4-5,8-12H2,1H3. The third kappa shape index (κ3) is 4.69. The van der Waals surface area contributed by atoms with Gasteiger partial charge in [0.1, 0.15) is 0 Å². The molecular formula is C16H22BrNO2. The zero-order valence-corrected chi connectivity index (χ0v) is 13.6. The van der Waals surface area contributed by atoms with Gasteiger partial charge in [-0.3, -0.25) is 4.79 Å². The van der Waals surface area contributed by atoms with Crippen LogP contribution in [0.15, 0.2) is 28.7 Å². The molecular weight excluding hydrogens is 318 g/mol. The minimum atomic E-state index is 0.198. The van der Waals surface area contributed by atoms with Gasteiger partial charge in [-0.05, 0) is 31.9 Å². The van der Waals surface area contributed by atoms with Crippen molar-refractivity contribution in [2.24, 2.45) is 5.92 Å². The van der Waals surface area contributed by atoms with Crippen molar-refractivity contribution in [2.75, 3.05) is 33.4 Å². The maximum Gasteiger partial charge on any atom is 0.165 e. The normalized spacial score (nSPS) is 19.2. The molecule has 1 unspecified atom stereocenters. The van der Waals surface area contributed by atoms with E-state index in [1.54, 1.807) is 0 Å². The van der Waals surface area contributed by atoms with Crippen LogP contribution in [0.25, 0.3) is 0 Å². The summed E-state index contributed by atoms with van der Waals surface area (Å²) in [5, 5.41) is 0. The van der Waals surface area contributed by atoms with E-state index in [-0.39, 0.29) is 5.78 Å². The van der Waals surface area contributed by atoms with Crippen LogP contribution in [0.2, 0.25) is 0 Å². The maximum atomic E-state index is 12.2. The monoisotopic (exact) mass is 339 g/mol. The van der Waals surface area contributed by atoms with Crippen molar-refractivity contribution in [1.82, 2.24) is 4.90 Å². The molecule has 3 nitrogen and oxygen atoms in total. The topological polar surface area (TPSA) is 29.5 Å². The Bertz CT molecular complexity index is 444. The molecule has 4 heteroatoms. The number of carbonyl (C=O) groups is 1. The van der Waals surface area contributed by atoms with Gasteiger partial charge in [-0.1, -0.05) is 34.1 Å². The molecule has 20 heavy (non-hydrogen) atoms. The number of hydrogen-bond donors (Lipinski definition) is 0. The summed E-state index contributed by atoms with van der Waals surface area (Å²) >= 11 is 3.43. The van der Waals surface area contributed by atoms with Crippen LogP contribution in [-0.2, 0) is 4.74 Å². The third-order valence-corrected chi connectivity index (χ3v) is 4.41. The van der Waals surface area contributed by atoms with Gasteiger partial charge in [0.05, 0.1) is 6.61 Å².